The quantitative estimate of drug-likeness (QED) is 0.291. The molecule has 3 rings (SSSR count). The largest absolute Gasteiger partial charge is 0.456 e. The molecule has 0 aliphatic carbocycles. The summed E-state index contributed by atoms with van der Waals surface area (Å²) in [6, 6.07) is 15.1. The van der Waals surface area contributed by atoms with Gasteiger partial charge in [-0.1, -0.05) is 54.6 Å². The second-order valence-electron chi connectivity index (χ2n) is 7.98. The summed E-state index contributed by atoms with van der Waals surface area (Å²) in [6.45, 7) is 0.312. The average molecular weight is 466 g/mol. The number of nitrogens with zero attached hydrogens (tertiary/aromatic N) is 1. The number of nitro benzene ring substituents is 1. The van der Waals surface area contributed by atoms with Gasteiger partial charge in [0.2, 0.25) is 11.8 Å². The predicted molar refractivity (Wildman–Crippen MR) is 124 cm³/mol. The number of non-ortho nitro benzene ring substituents is 1. The van der Waals surface area contributed by atoms with Crippen molar-refractivity contribution in [3.05, 3.63) is 88.0 Å². The molecule has 34 heavy (non-hydrogen) atoms. The minimum atomic E-state index is -0.613. The number of benzene rings is 2. The highest BCUT2D eigenvalue weighted by Gasteiger charge is 2.24. The Morgan fingerprint density at radius 1 is 1.09 bits per heavy atom. The van der Waals surface area contributed by atoms with Crippen molar-refractivity contribution >= 4 is 23.5 Å². The van der Waals surface area contributed by atoms with Crippen LogP contribution in [0.5, 0.6) is 0 Å². The number of carbonyl (C=O) groups is 3. The molecule has 9 nitrogen and oxygen atoms in total. The van der Waals surface area contributed by atoms with E-state index in [1.165, 1.54) is 12.1 Å². The second kappa shape index (κ2) is 12.3. The van der Waals surface area contributed by atoms with E-state index in [0.717, 1.165) is 11.1 Å². The third-order valence-corrected chi connectivity index (χ3v) is 5.45. The number of hydrogen-bond acceptors (Lipinski definition) is 6. The Morgan fingerprint density at radius 2 is 1.82 bits per heavy atom. The number of nitrogens with one attached hydrogen (secondary N) is 2. The van der Waals surface area contributed by atoms with Gasteiger partial charge in [0, 0.05) is 31.5 Å². The Labute approximate surface area is 197 Å². The minimum absolute atomic E-state index is 0.0149. The maximum Gasteiger partial charge on any atom is 0.306 e. The summed E-state index contributed by atoms with van der Waals surface area (Å²) in [7, 11) is 0. The van der Waals surface area contributed by atoms with Crippen LogP contribution in [-0.4, -0.2) is 29.3 Å². The fourth-order valence-corrected chi connectivity index (χ4v) is 3.55. The normalized spacial score (nSPS) is 20.1. The summed E-state index contributed by atoms with van der Waals surface area (Å²) in [5.74, 6) is -1.52. The molecule has 178 valence electrons. The fourth-order valence-electron chi connectivity index (χ4n) is 3.55. The van der Waals surface area contributed by atoms with Gasteiger partial charge >= 0.3 is 5.97 Å². The van der Waals surface area contributed by atoms with E-state index in [2.05, 4.69) is 10.6 Å². The number of rotatable bonds is 6. The molecule has 2 N–H and O–H groups in total. The number of esters is 1. The molecule has 2 atom stereocenters. The van der Waals surface area contributed by atoms with E-state index in [1.54, 1.807) is 18.2 Å². The molecule has 2 aromatic carbocycles. The van der Waals surface area contributed by atoms with Crippen LogP contribution in [-0.2, 0) is 25.7 Å². The van der Waals surface area contributed by atoms with Gasteiger partial charge in [-0.25, -0.2) is 0 Å². The Balaban J connectivity index is 1.61. The first-order valence-electron chi connectivity index (χ1n) is 11.1. The summed E-state index contributed by atoms with van der Waals surface area (Å²) in [5.41, 5.74) is 1.47. The van der Waals surface area contributed by atoms with Gasteiger partial charge in [-0.05, 0) is 24.0 Å². The zero-order chi connectivity index (χ0) is 24.3. The van der Waals surface area contributed by atoms with Crippen molar-refractivity contribution in [2.45, 2.75) is 38.3 Å². The maximum atomic E-state index is 12.9. The number of cyclic esters (lactones) is 1. The number of hydrogen-bond donors (Lipinski definition) is 2. The lowest BCUT2D eigenvalue weighted by atomic mass is 9.98. The predicted octanol–water partition coefficient (Wildman–Crippen LogP) is 3.36. The lowest BCUT2D eigenvalue weighted by molar-refractivity contribution is -0.384. The fraction of sp³-hybridized carbons (Fsp3) is 0.320. The van der Waals surface area contributed by atoms with E-state index in [1.807, 2.05) is 36.4 Å². The molecule has 0 bridgehead atoms. The lowest BCUT2D eigenvalue weighted by Crippen LogP contribution is -2.37. The number of carbonyl (C=O) groups excluding carboxylic acids is 3. The van der Waals surface area contributed by atoms with Gasteiger partial charge in [0.25, 0.3) is 5.69 Å². The maximum absolute atomic E-state index is 12.9. The highest BCUT2D eigenvalue weighted by atomic mass is 16.6. The number of allylic oxidation sites excluding steroid dienone is 2. The molecule has 9 heteroatoms. The number of ether oxygens (including phenoxy) is 1. The lowest BCUT2D eigenvalue weighted by Gasteiger charge is -2.21. The SMILES string of the molecule is O=C(CC1C/C=C/CCC(=O)OC(c2ccccc2)CNC1=O)NCc1ccc([N+](=O)[O-])cc1. The molecule has 0 radical (unpaired) electrons. The minimum Gasteiger partial charge on any atom is -0.456 e. The monoisotopic (exact) mass is 465 g/mol. The highest BCUT2D eigenvalue weighted by Crippen LogP contribution is 2.20. The summed E-state index contributed by atoms with van der Waals surface area (Å²) in [5, 5.41) is 16.3. The van der Waals surface area contributed by atoms with Crippen molar-refractivity contribution in [1.29, 1.82) is 0 Å². The van der Waals surface area contributed by atoms with Gasteiger partial charge in [-0.15, -0.1) is 0 Å². The molecule has 0 aromatic heterocycles. The first-order chi connectivity index (χ1) is 16.4. The van der Waals surface area contributed by atoms with E-state index in [4.69, 9.17) is 4.74 Å². The molecule has 0 spiro atoms. The Bertz CT molecular complexity index is 1040. The van der Waals surface area contributed by atoms with Crippen molar-refractivity contribution < 1.29 is 24.0 Å². The first kappa shape index (κ1) is 24.6. The summed E-state index contributed by atoms with van der Waals surface area (Å²) in [4.78, 5) is 47.8. The van der Waals surface area contributed by atoms with Gasteiger partial charge in [-0.3, -0.25) is 24.5 Å². The second-order valence-corrected chi connectivity index (χ2v) is 7.98. The molecular formula is C25H27N3O6. The van der Waals surface area contributed by atoms with Crippen LogP contribution in [0, 0.1) is 16.0 Å². The van der Waals surface area contributed by atoms with Crippen molar-refractivity contribution in [2.24, 2.45) is 5.92 Å². The third-order valence-electron chi connectivity index (χ3n) is 5.45. The molecule has 2 aromatic rings. The van der Waals surface area contributed by atoms with Crippen LogP contribution < -0.4 is 10.6 Å². The molecule has 1 heterocycles. The van der Waals surface area contributed by atoms with E-state index in [0.29, 0.717) is 12.8 Å². The third kappa shape index (κ3) is 7.54. The molecule has 0 saturated heterocycles. The van der Waals surface area contributed by atoms with Crippen molar-refractivity contribution in [2.75, 3.05) is 6.54 Å². The van der Waals surface area contributed by atoms with Crippen LogP contribution in [0.3, 0.4) is 0 Å². The smallest absolute Gasteiger partial charge is 0.306 e. The average Bonchev–Trinajstić information content (AvgIpc) is 2.84. The van der Waals surface area contributed by atoms with Gasteiger partial charge in [0.1, 0.15) is 6.10 Å². The molecule has 1 aliphatic heterocycles. The number of nitro groups is 1. The van der Waals surface area contributed by atoms with Crippen molar-refractivity contribution in [1.82, 2.24) is 10.6 Å². The summed E-state index contributed by atoms with van der Waals surface area (Å²) < 4.78 is 5.58. The molecule has 2 unspecified atom stereocenters. The van der Waals surface area contributed by atoms with Crippen molar-refractivity contribution in [3.8, 4) is 0 Å². The van der Waals surface area contributed by atoms with E-state index in [-0.39, 0.29) is 49.4 Å². The van der Waals surface area contributed by atoms with E-state index < -0.39 is 16.9 Å². The van der Waals surface area contributed by atoms with Gasteiger partial charge in [0.15, 0.2) is 0 Å². The highest BCUT2D eigenvalue weighted by molar-refractivity contribution is 5.86. The zero-order valence-corrected chi connectivity index (χ0v) is 18.6. The van der Waals surface area contributed by atoms with Crippen molar-refractivity contribution in [3.63, 3.8) is 0 Å². The van der Waals surface area contributed by atoms with Crippen LogP contribution >= 0.6 is 0 Å². The summed E-state index contributed by atoms with van der Waals surface area (Å²) >= 11 is 0. The van der Waals surface area contributed by atoms with Crippen LogP contribution in [0.15, 0.2) is 66.7 Å². The van der Waals surface area contributed by atoms with Crippen LogP contribution in [0.25, 0.3) is 0 Å². The van der Waals surface area contributed by atoms with Gasteiger partial charge < -0.3 is 15.4 Å². The zero-order valence-electron chi connectivity index (χ0n) is 18.6. The summed E-state index contributed by atoms with van der Waals surface area (Å²) in [6.07, 6.45) is 4.07. The van der Waals surface area contributed by atoms with E-state index >= 15 is 0 Å². The molecule has 2 amide bonds. The van der Waals surface area contributed by atoms with Crippen LogP contribution in [0.4, 0.5) is 5.69 Å². The molecule has 1 aliphatic rings. The standard InChI is InChI=1S/C25H27N3O6/c29-23(26-16-18-11-13-21(14-12-18)28(32)33)15-20-9-5-2-6-10-24(30)34-22(17-27-25(20)31)19-7-3-1-4-8-19/h1-5,7-8,11-14,20,22H,6,9-10,15-17H2,(H,26,29)(H,27,31)/b5-2+. The molecule has 0 fully saturated rings. The van der Waals surface area contributed by atoms with Gasteiger partial charge in [-0.2, -0.15) is 0 Å². The van der Waals surface area contributed by atoms with Crippen LogP contribution in [0.2, 0.25) is 0 Å². The number of amides is 2. The van der Waals surface area contributed by atoms with E-state index in [9.17, 15) is 24.5 Å². The van der Waals surface area contributed by atoms with Crippen LogP contribution in [0.1, 0.15) is 42.9 Å². The Morgan fingerprint density at radius 3 is 2.53 bits per heavy atom. The Kier molecular flexibility index (Phi) is 8.90. The van der Waals surface area contributed by atoms with Gasteiger partial charge in [0.05, 0.1) is 17.4 Å². The Hall–Kier alpha value is -4.01. The first-order valence-corrected chi connectivity index (χ1v) is 11.1. The molecule has 0 saturated carbocycles. The molecular weight excluding hydrogens is 438 g/mol. The topological polar surface area (TPSA) is 128 Å².